The number of halogens is 3. The van der Waals surface area contributed by atoms with Gasteiger partial charge in [-0.05, 0) is 72.0 Å². The molecule has 1 heterocycles. The maximum absolute atomic E-state index is 14.8. The second-order valence-electron chi connectivity index (χ2n) is 8.43. The van der Waals surface area contributed by atoms with Gasteiger partial charge >= 0.3 is 0 Å². The summed E-state index contributed by atoms with van der Waals surface area (Å²) in [4.78, 5) is 17.1. The quantitative estimate of drug-likeness (QED) is 0.590. The van der Waals surface area contributed by atoms with E-state index in [1.807, 2.05) is 13.0 Å². The number of benzene rings is 2. The zero-order valence-corrected chi connectivity index (χ0v) is 19.4. The van der Waals surface area contributed by atoms with E-state index in [1.54, 1.807) is 24.3 Å². The number of anilines is 1. The third-order valence-corrected chi connectivity index (χ3v) is 7.32. The Labute approximate surface area is 189 Å². The van der Waals surface area contributed by atoms with Gasteiger partial charge in [0, 0.05) is 65.4 Å². The molecule has 30 heavy (non-hydrogen) atoms. The Morgan fingerprint density at radius 2 is 1.90 bits per heavy atom. The third-order valence-electron chi connectivity index (χ3n) is 6.16. The van der Waals surface area contributed by atoms with Gasteiger partial charge in [-0.2, -0.15) is 0 Å². The molecule has 1 atom stereocenters. The largest absolute Gasteiger partial charge is 0.322 e. The molecular formula is C23H26F2IN3O. The Balaban J connectivity index is 1.50. The number of piperazine rings is 1. The summed E-state index contributed by atoms with van der Waals surface area (Å²) in [5, 5.41) is 2.78. The van der Waals surface area contributed by atoms with Crippen molar-refractivity contribution in [2.45, 2.75) is 25.2 Å². The Morgan fingerprint density at radius 1 is 1.17 bits per heavy atom. The van der Waals surface area contributed by atoms with E-state index in [0.717, 1.165) is 35.3 Å². The Hall–Kier alpha value is -1.58. The van der Waals surface area contributed by atoms with Gasteiger partial charge in [-0.15, -0.1) is 0 Å². The number of likely N-dealkylation sites (N-methyl/N-ethyl adjacent to an activating group) is 1. The fraction of sp³-hybridized carbons (Fsp3) is 0.435. The van der Waals surface area contributed by atoms with E-state index >= 15 is 0 Å². The van der Waals surface area contributed by atoms with Crippen molar-refractivity contribution in [3.63, 3.8) is 0 Å². The van der Waals surface area contributed by atoms with Gasteiger partial charge in [0.15, 0.2) is 0 Å². The summed E-state index contributed by atoms with van der Waals surface area (Å²) in [7, 11) is 2.09. The third kappa shape index (κ3) is 4.53. The van der Waals surface area contributed by atoms with Crippen LogP contribution < -0.4 is 5.32 Å². The van der Waals surface area contributed by atoms with Crippen LogP contribution in [0.25, 0.3) is 0 Å². The molecule has 1 aliphatic carbocycles. The van der Waals surface area contributed by atoms with Crippen LogP contribution in [0.5, 0.6) is 0 Å². The molecule has 0 aromatic heterocycles. The summed E-state index contributed by atoms with van der Waals surface area (Å²) in [6.07, 6.45) is -0.164. The normalized spacial score (nSPS) is 21.4. The van der Waals surface area contributed by atoms with E-state index in [1.165, 1.54) is 6.07 Å². The van der Waals surface area contributed by atoms with Crippen LogP contribution >= 0.6 is 22.6 Å². The molecule has 1 saturated heterocycles. The van der Waals surface area contributed by atoms with Crippen LogP contribution in [-0.2, 0) is 5.92 Å². The zero-order chi connectivity index (χ0) is 21.5. The number of nitrogens with zero attached hydrogens (tertiary/aromatic N) is 2. The summed E-state index contributed by atoms with van der Waals surface area (Å²) in [6, 6.07) is 10.4. The van der Waals surface area contributed by atoms with Crippen LogP contribution in [0.2, 0.25) is 0 Å². The molecule has 160 valence electrons. The van der Waals surface area contributed by atoms with Crippen LogP contribution in [0.4, 0.5) is 14.5 Å². The highest BCUT2D eigenvalue weighted by Crippen LogP contribution is 2.49. The summed E-state index contributed by atoms with van der Waals surface area (Å²) in [5.41, 5.74) is 2.79. The highest BCUT2D eigenvalue weighted by Gasteiger charge is 2.45. The van der Waals surface area contributed by atoms with E-state index in [0.29, 0.717) is 23.4 Å². The average Bonchev–Trinajstić information content (AvgIpc) is 2.95. The number of nitrogens with one attached hydrogen (secondary N) is 1. The van der Waals surface area contributed by atoms with Gasteiger partial charge in [-0.1, -0.05) is 12.1 Å². The molecule has 2 aromatic carbocycles. The minimum absolute atomic E-state index is 0.0536. The molecule has 0 radical (unpaired) electrons. The Kier molecular flexibility index (Phi) is 6.14. The first-order valence-corrected chi connectivity index (χ1v) is 11.3. The number of rotatable bonds is 4. The van der Waals surface area contributed by atoms with Crippen molar-refractivity contribution in [1.29, 1.82) is 0 Å². The minimum atomic E-state index is -2.87. The van der Waals surface area contributed by atoms with Crippen molar-refractivity contribution < 1.29 is 13.6 Å². The Bertz CT molecular complexity index is 957. The number of carbonyl (C=O) groups excluding carboxylic acids is 1. The second-order valence-corrected chi connectivity index (χ2v) is 9.59. The molecule has 1 amide bonds. The fourth-order valence-electron chi connectivity index (χ4n) is 4.28. The topological polar surface area (TPSA) is 35.6 Å². The highest BCUT2D eigenvalue weighted by molar-refractivity contribution is 14.1. The van der Waals surface area contributed by atoms with Gasteiger partial charge in [0.2, 0.25) is 0 Å². The second kappa shape index (κ2) is 8.51. The van der Waals surface area contributed by atoms with E-state index in [4.69, 9.17) is 0 Å². The molecule has 2 aliphatic rings. The van der Waals surface area contributed by atoms with Gasteiger partial charge < -0.3 is 15.1 Å². The molecule has 2 aromatic rings. The Morgan fingerprint density at radius 3 is 2.60 bits per heavy atom. The standard InChI is InChI=1S/C23H26F2IN3O/c1-15-3-4-16(11-21(15)26)22(30)27-18-5-6-19-17(13-23(24,25)20(19)12-18)14-29-9-7-28(2)8-10-29/h3-6,11-12,17H,7-10,13-14H2,1-2H3,(H,27,30)/t17-/m1/s1. The van der Waals surface area contributed by atoms with Crippen LogP contribution in [0.3, 0.4) is 0 Å². The maximum Gasteiger partial charge on any atom is 0.274 e. The minimum Gasteiger partial charge on any atom is -0.322 e. The number of carbonyl (C=O) groups is 1. The molecule has 4 nitrogen and oxygen atoms in total. The smallest absolute Gasteiger partial charge is 0.274 e. The van der Waals surface area contributed by atoms with Gasteiger partial charge in [-0.3, -0.25) is 4.79 Å². The summed E-state index contributed by atoms with van der Waals surface area (Å²) in [6.45, 7) is 6.40. The molecule has 1 fully saturated rings. The molecule has 4 rings (SSSR count). The van der Waals surface area contributed by atoms with E-state index in [2.05, 4.69) is 44.8 Å². The molecule has 0 saturated carbocycles. The fourth-order valence-corrected chi connectivity index (χ4v) is 4.79. The number of hydrogen-bond acceptors (Lipinski definition) is 3. The van der Waals surface area contributed by atoms with Gasteiger partial charge in [0.05, 0.1) is 0 Å². The molecule has 0 unspecified atom stereocenters. The first kappa shape index (κ1) is 21.6. The van der Waals surface area contributed by atoms with Gasteiger partial charge in [0.25, 0.3) is 11.8 Å². The molecular weight excluding hydrogens is 499 g/mol. The zero-order valence-electron chi connectivity index (χ0n) is 17.2. The van der Waals surface area contributed by atoms with Crippen LogP contribution in [0.1, 0.15) is 39.4 Å². The number of fused-ring (bicyclic) bond motifs is 1. The lowest BCUT2D eigenvalue weighted by atomic mass is 10.00. The summed E-state index contributed by atoms with van der Waals surface area (Å²) in [5.74, 6) is -3.34. The highest BCUT2D eigenvalue weighted by atomic mass is 127. The first-order valence-electron chi connectivity index (χ1n) is 10.2. The summed E-state index contributed by atoms with van der Waals surface area (Å²) < 4.78 is 30.6. The predicted octanol–water partition coefficient (Wildman–Crippen LogP) is 4.68. The van der Waals surface area contributed by atoms with E-state index in [-0.39, 0.29) is 23.8 Å². The van der Waals surface area contributed by atoms with Crippen molar-refractivity contribution in [2.75, 3.05) is 45.1 Å². The van der Waals surface area contributed by atoms with E-state index in [9.17, 15) is 13.6 Å². The van der Waals surface area contributed by atoms with Crippen molar-refractivity contribution in [1.82, 2.24) is 9.80 Å². The monoisotopic (exact) mass is 525 g/mol. The average molecular weight is 525 g/mol. The number of hydrogen-bond donors (Lipinski definition) is 1. The lowest BCUT2D eigenvalue weighted by molar-refractivity contribution is -0.00969. The number of amides is 1. The first-order chi connectivity index (χ1) is 14.2. The molecule has 1 N–H and O–H groups in total. The lowest BCUT2D eigenvalue weighted by Crippen LogP contribution is -2.45. The van der Waals surface area contributed by atoms with E-state index < -0.39 is 5.92 Å². The van der Waals surface area contributed by atoms with Crippen LogP contribution in [0, 0.1) is 10.5 Å². The summed E-state index contributed by atoms with van der Waals surface area (Å²) >= 11 is 2.18. The van der Waals surface area contributed by atoms with Crippen molar-refractivity contribution >= 4 is 34.2 Å². The number of aryl methyl sites for hydroxylation is 1. The molecule has 0 spiro atoms. The predicted molar refractivity (Wildman–Crippen MR) is 123 cm³/mol. The van der Waals surface area contributed by atoms with Gasteiger partial charge in [-0.25, -0.2) is 8.78 Å². The van der Waals surface area contributed by atoms with Crippen molar-refractivity contribution in [3.05, 3.63) is 62.2 Å². The molecule has 1 aliphatic heterocycles. The van der Waals surface area contributed by atoms with Crippen LogP contribution in [0.15, 0.2) is 36.4 Å². The number of alkyl halides is 2. The lowest BCUT2D eigenvalue weighted by Gasteiger charge is -2.34. The SMILES string of the molecule is Cc1ccc(C(=O)Nc2ccc3c(c2)C(F)(F)C[C@@H]3CN2CCN(C)CC2)cc1I. The van der Waals surface area contributed by atoms with Crippen molar-refractivity contribution in [3.8, 4) is 0 Å². The van der Waals surface area contributed by atoms with Crippen LogP contribution in [-0.4, -0.2) is 55.5 Å². The molecule has 7 heteroatoms. The van der Waals surface area contributed by atoms with Gasteiger partial charge in [0.1, 0.15) is 0 Å². The van der Waals surface area contributed by atoms with Crippen molar-refractivity contribution in [2.24, 2.45) is 0 Å². The molecule has 0 bridgehead atoms. The maximum atomic E-state index is 14.8.